The Kier molecular flexibility index (Phi) is 3.91. The van der Waals surface area contributed by atoms with Crippen LogP contribution in [0.25, 0.3) is 16.7 Å². The molecular weight excluding hydrogens is 340 g/mol. The molecule has 1 N–H and O–H groups in total. The van der Waals surface area contributed by atoms with Gasteiger partial charge in [-0.05, 0) is 35.7 Å². The summed E-state index contributed by atoms with van der Waals surface area (Å²) < 4.78 is 3.40. The molecule has 0 unspecified atom stereocenters. The van der Waals surface area contributed by atoms with Gasteiger partial charge in [-0.3, -0.25) is 4.79 Å². The molecule has 124 valence electrons. The van der Waals surface area contributed by atoms with Gasteiger partial charge >= 0.3 is 0 Å². The van der Waals surface area contributed by atoms with Gasteiger partial charge in [-0.15, -0.1) is 0 Å². The number of aromatic nitrogens is 5. The molecule has 7 nitrogen and oxygen atoms in total. The van der Waals surface area contributed by atoms with E-state index in [9.17, 15) is 4.79 Å². The van der Waals surface area contributed by atoms with Crippen LogP contribution in [0.5, 0.6) is 0 Å². The first-order chi connectivity index (χ1) is 12.2. The van der Waals surface area contributed by atoms with Gasteiger partial charge in [-0.1, -0.05) is 17.7 Å². The minimum absolute atomic E-state index is 0.146. The standard InChI is InChI=1S/C17H13ClN6O/c18-13-2-1-12-5-6-23(15(12)7-13)9-17(25)22-14-3-4-16(20-8-14)24-11-19-10-21-24/h1-8,10-11H,9H2,(H,22,25). The number of anilines is 1. The van der Waals surface area contributed by atoms with Crippen molar-refractivity contribution < 1.29 is 4.79 Å². The highest BCUT2D eigenvalue weighted by molar-refractivity contribution is 6.31. The summed E-state index contributed by atoms with van der Waals surface area (Å²) in [5.74, 6) is 0.481. The molecule has 3 heterocycles. The molecule has 1 amide bonds. The molecule has 0 aliphatic rings. The normalized spacial score (nSPS) is 10.9. The van der Waals surface area contributed by atoms with E-state index in [4.69, 9.17) is 11.6 Å². The second-order valence-corrected chi connectivity index (χ2v) is 5.88. The number of nitrogens with zero attached hydrogens (tertiary/aromatic N) is 5. The first kappa shape index (κ1) is 15.3. The van der Waals surface area contributed by atoms with Crippen molar-refractivity contribution in [1.82, 2.24) is 24.3 Å². The average molecular weight is 353 g/mol. The summed E-state index contributed by atoms with van der Waals surface area (Å²) in [6.45, 7) is 0.189. The molecule has 0 saturated carbocycles. The second kappa shape index (κ2) is 6.37. The zero-order valence-corrected chi connectivity index (χ0v) is 13.8. The highest BCUT2D eigenvalue weighted by Gasteiger charge is 2.08. The van der Waals surface area contributed by atoms with E-state index in [-0.39, 0.29) is 12.5 Å². The molecule has 0 saturated heterocycles. The molecule has 0 aliphatic heterocycles. The van der Waals surface area contributed by atoms with E-state index < -0.39 is 0 Å². The Balaban J connectivity index is 1.47. The molecule has 0 fully saturated rings. The van der Waals surface area contributed by atoms with Crippen molar-refractivity contribution in [3.63, 3.8) is 0 Å². The molecule has 0 bridgehead atoms. The van der Waals surface area contributed by atoms with Crippen molar-refractivity contribution in [2.75, 3.05) is 5.32 Å². The fraction of sp³-hybridized carbons (Fsp3) is 0.0588. The van der Waals surface area contributed by atoms with E-state index in [0.717, 1.165) is 10.9 Å². The number of benzene rings is 1. The molecule has 4 aromatic rings. The first-order valence-electron chi connectivity index (χ1n) is 7.54. The molecular formula is C17H13ClN6O. The minimum atomic E-state index is -0.146. The lowest BCUT2D eigenvalue weighted by atomic mass is 10.2. The number of rotatable bonds is 4. The molecule has 0 atom stereocenters. The maximum absolute atomic E-state index is 12.3. The topological polar surface area (TPSA) is 77.6 Å². The monoisotopic (exact) mass is 352 g/mol. The zero-order chi connectivity index (χ0) is 17.2. The summed E-state index contributed by atoms with van der Waals surface area (Å²) in [5, 5.41) is 8.51. The summed E-state index contributed by atoms with van der Waals surface area (Å²) >= 11 is 6.04. The number of carbonyl (C=O) groups excluding carboxylic acids is 1. The van der Waals surface area contributed by atoms with Crippen molar-refractivity contribution >= 4 is 34.1 Å². The van der Waals surface area contributed by atoms with Crippen molar-refractivity contribution in [1.29, 1.82) is 0 Å². The number of hydrogen-bond acceptors (Lipinski definition) is 4. The minimum Gasteiger partial charge on any atom is -0.338 e. The van der Waals surface area contributed by atoms with E-state index in [0.29, 0.717) is 16.5 Å². The number of halogens is 1. The van der Waals surface area contributed by atoms with Gasteiger partial charge in [0.1, 0.15) is 19.2 Å². The van der Waals surface area contributed by atoms with Crippen LogP contribution >= 0.6 is 11.6 Å². The fourth-order valence-electron chi connectivity index (χ4n) is 2.57. The number of carbonyl (C=O) groups is 1. The van der Waals surface area contributed by atoms with Crippen LogP contribution in [0.4, 0.5) is 5.69 Å². The van der Waals surface area contributed by atoms with Gasteiger partial charge in [-0.25, -0.2) is 14.6 Å². The van der Waals surface area contributed by atoms with Crippen LogP contribution in [0, 0.1) is 0 Å². The van der Waals surface area contributed by atoms with Gasteiger partial charge in [0.25, 0.3) is 0 Å². The predicted molar refractivity (Wildman–Crippen MR) is 94.7 cm³/mol. The SMILES string of the molecule is O=C(Cn1ccc2ccc(Cl)cc21)Nc1ccc(-n2cncn2)nc1. The Labute approximate surface area is 147 Å². The van der Waals surface area contributed by atoms with Gasteiger partial charge in [0.2, 0.25) is 5.91 Å². The van der Waals surface area contributed by atoms with Crippen LogP contribution in [0.2, 0.25) is 5.02 Å². The first-order valence-corrected chi connectivity index (χ1v) is 7.92. The smallest absolute Gasteiger partial charge is 0.244 e. The van der Waals surface area contributed by atoms with Crippen LogP contribution in [-0.4, -0.2) is 30.2 Å². The maximum atomic E-state index is 12.3. The van der Waals surface area contributed by atoms with Crippen molar-refractivity contribution in [3.8, 4) is 5.82 Å². The number of pyridine rings is 1. The second-order valence-electron chi connectivity index (χ2n) is 5.44. The van der Waals surface area contributed by atoms with Crippen molar-refractivity contribution in [2.45, 2.75) is 6.54 Å². The largest absolute Gasteiger partial charge is 0.338 e. The fourth-order valence-corrected chi connectivity index (χ4v) is 2.74. The van der Waals surface area contributed by atoms with Crippen molar-refractivity contribution in [2.24, 2.45) is 0 Å². The average Bonchev–Trinajstić information content (AvgIpc) is 3.26. The molecule has 25 heavy (non-hydrogen) atoms. The molecule has 8 heteroatoms. The quantitative estimate of drug-likeness (QED) is 0.612. The number of nitrogens with one attached hydrogen (secondary N) is 1. The predicted octanol–water partition coefficient (Wildman–Crippen LogP) is 2.91. The summed E-state index contributed by atoms with van der Waals surface area (Å²) in [6.07, 6.45) is 6.44. The van der Waals surface area contributed by atoms with E-state index >= 15 is 0 Å². The lowest BCUT2D eigenvalue weighted by Gasteiger charge is -2.08. The van der Waals surface area contributed by atoms with Crippen LogP contribution in [0.15, 0.2) is 61.4 Å². The van der Waals surface area contributed by atoms with Gasteiger partial charge < -0.3 is 9.88 Å². The maximum Gasteiger partial charge on any atom is 0.244 e. The summed E-state index contributed by atoms with van der Waals surface area (Å²) in [7, 11) is 0. The van der Waals surface area contributed by atoms with E-state index in [2.05, 4.69) is 20.4 Å². The van der Waals surface area contributed by atoms with Crippen LogP contribution in [0.1, 0.15) is 0 Å². The van der Waals surface area contributed by atoms with Gasteiger partial charge in [-0.2, -0.15) is 5.10 Å². The number of amides is 1. The zero-order valence-electron chi connectivity index (χ0n) is 13.0. The third-order valence-electron chi connectivity index (χ3n) is 3.74. The summed E-state index contributed by atoms with van der Waals surface area (Å²) in [5.41, 5.74) is 1.53. The Hall–Kier alpha value is -3.19. The molecule has 0 aliphatic carbocycles. The van der Waals surface area contributed by atoms with Gasteiger partial charge in [0, 0.05) is 16.7 Å². The van der Waals surface area contributed by atoms with E-state index in [1.807, 2.05) is 35.0 Å². The summed E-state index contributed by atoms with van der Waals surface area (Å²) in [4.78, 5) is 20.4. The van der Waals surface area contributed by atoms with Crippen molar-refractivity contribution in [3.05, 3.63) is 66.5 Å². The lowest BCUT2D eigenvalue weighted by Crippen LogP contribution is -2.18. The van der Waals surface area contributed by atoms with Gasteiger partial charge in [0.15, 0.2) is 5.82 Å². The molecule has 4 rings (SSSR count). The Morgan fingerprint density at radius 2 is 2.12 bits per heavy atom. The molecule has 3 aromatic heterocycles. The Morgan fingerprint density at radius 1 is 1.20 bits per heavy atom. The summed E-state index contributed by atoms with van der Waals surface area (Å²) in [6, 6.07) is 11.1. The van der Waals surface area contributed by atoms with E-state index in [1.165, 1.54) is 6.33 Å². The third kappa shape index (κ3) is 3.22. The molecule has 0 spiro atoms. The van der Waals surface area contributed by atoms with Crippen LogP contribution < -0.4 is 5.32 Å². The Morgan fingerprint density at radius 3 is 2.88 bits per heavy atom. The molecule has 1 aromatic carbocycles. The van der Waals surface area contributed by atoms with Crippen LogP contribution in [-0.2, 0) is 11.3 Å². The molecule has 0 radical (unpaired) electrons. The van der Waals surface area contributed by atoms with Gasteiger partial charge in [0.05, 0.1) is 11.9 Å². The van der Waals surface area contributed by atoms with E-state index in [1.54, 1.807) is 29.3 Å². The highest BCUT2D eigenvalue weighted by atomic mass is 35.5. The Bertz CT molecular complexity index is 1020. The third-order valence-corrected chi connectivity index (χ3v) is 3.97. The number of fused-ring (bicyclic) bond motifs is 1. The highest BCUT2D eigenvalue weighted by Crippen LogP contribution is 2.20. The lowest BCUT2D eigenvalue weighted by molar-refractivity contribution is -0.116. The van der Waals surface area contributed by atoms with Crippen LogP contribution in [0.3, 0.4) is 0 Å². The number of hydrogen-bond donors (Lipinski definition) is 1.